The van der Waals surface area contributed by atoms with Gasteiger partial charge in [0.1, 0.15) is 12.4 Å². The molecule has 1 N–H and O–H groups in total. The lowest BCUT2D eigenvalue weighted by Gasteiger charge is -2.18. The first kappa shape index (κ1) is 14.1. The number of aryl methyl sites for hydroxylation is 1. The summed E-state index contributed by atoms with van der Waals surface area (Å²) in [6.45, 7) is 0.506. The van der Waals surface area contributed by atoms with Crippen molar-refractivity contribution in [2.45, 2.75) is 25.9 Å². The van der Waals surface area contributed by atoms with Crippen LogP contribution in [0.3, 0.4) is 0 Å². The number of rotatable bonds is 3. The molecule has 0 spiro atoms. The molecule has 3 nitrogen and oxygen atoms in total. The molecule has 0 heterocycles. The van der Waals surface area contributed by atoms with E-state index in [-0.39, 0.29) is 0 Å². The summed E-state index contributed by atoms with van der Waals surface area (Å²) in [6.07, 6.45) is 2.87. The smallest absolute Gasteiger partial charge is 0.120 e. The second-order valence-electron chi connectivity index (χ2n) is 5.10. The van der Waals surface area contributed by atoms with Gasteiger partial charge in [0.05, 0.1) is 5.71 Å². The Hall–Kier alpha value is -1.81. The van der Waals surface area contributed by atoms with Gasteiger partial charge in [0.25, 0.3) is 0 Å². The van der Waals surface area contributed by atoms with Gasteiger partial charge in [-0.25, -0.2) is 0 Å². The van der Waals surface area contributed by atoms with Gasteiger partial charge in [-0.1, -0.05) is 45.4 Å². The van der Waals surface area contributed by atoms with Gasteiger partial charge >= 0.3 is 0 Å². The van der Waals surface area contributed by atoms with E-state index in [1.165, 1.54) is 5.56 Å². The molecule has 0 bridgehead atoms. The van der Waals surface area contributed by atoms with Gasteiger partial charge in [0.15, 0.2) is 0 Å². The van der Waals surface area contributed by atoms with Gasteiger partial charge in [-0.2, -0.15) is 0 Å². The summed E-state index contributed by atoms with van der Waals surface area (Å²) in [7, 11) is 0. The highest BCUT2D eigenvalue weighted by atomic mass is 79.9. The zero-order valence-corrected chi connectivity index (χ0v) is 13.1. The van der Waals surface area contributed by atoms with Crippen molar-refractivity contribution < 1.29 is 9.94 Å². The highest BCUT2D eigenvalue weighted by Crippen LogP contribution is 2.27. The van der Waals surface area contributed by atoms with E-state index in [9.17, 15) is 0 Å². The van der Waals surface area contributed by atoms with Crippen LogP contribution in [0.4, 0.5) is 0 Å². The fourth-order valence-electron chi connectivity index (χ4n) is 2.59. The van der Waals surface area contributed by atoms with Crippen molar-refractivity contribution in [3.05, 3.63) is 63.6 Å². The summed E-state index contributed by atoms with van der Waals surface area (Å²) in [5, 5.41) is 12.5. The molecule has 1 aliphatic carbocycles. The fraction of sp³-hybridized carbons (Fsp3) is 0.235. The number of nitrogens with zero attached hydrogens (tertiary/aromatic N) is 1. The molecule has 0 saturated carbocycles. The quantitative estimate of drug-likeness (QED) is 0.655. The Labute approximate surface area is 132 Å². The van der Waals surface area contributed by atoms with E-state index in [0.29, 0.717) is 6.61 Å². The molecular weight excluding hydrogens is 330 g/mol. The average molecular weight is 346 g/mol. The van der Waals surface area contributed by atoms with Gasteiger partial charge in [-0.05, 0) is 43.0 Å². The molecule has 108 valence electrons. The minimum Gasteiger partial charge on any atom is -0.489 e. The summed E-state index contributed by atoms with van der Waals surface area (Å²) >= 11 is 3.52. The molecule has 21 heavy (non-hydrogen) atoms. The van der Waals surface area contributed by atoms with Crippen molar-refractivity contribution >= 4 is 21.6 Å². The van der Waals surface area contributed by atoms with Crippen LogP contribution in [0.5, 0.6) is 5.75 Å². The van der Waals surface area contributed by atoms with Crippen molar-refractivity contribution in [1.29, 1.82) is 0 Å². The zero-order valence-electron chi connectivity index (χ0n) is 11.6. The lowest BCUT2D eigenvalue weighted by molar-refractivity contribution is 0.305. The maximum atomic E-state index is 9.11. The van der Waals surface area contributed by atoms with Crippen molar-refractivity contribution in [2.75, 3.05) is 0 Å². The molecule has 4 heteroatoms. The molecule has 2 aromatic rings. The molecular formula is C17H16BrNO2. The van der Waals surface area contributed by atoms with Crippen LogP contribution in [0.1, 0.15) is 29.5 Å². The zero-order chi connectivity index (χ0) is 14.7. The predicted molar refractivity (Wildman–Crippen MR) is 86.2 cm³/mol. The summed E-state index contributed by atoms with van der Waals surface area (Å²) in [6, 6.07) is 14.0. The second kappa shape index (κ2) is 6.31. The van der Waals surface area contributed by atoms with Crippen LogP contribution in [0.25, 0.3) is 0 Å². The van der Waals surface area contributed by atoms with Gasteiger partial charge in [-0.15, -0.1) is 0 Å². The third kappa shape index (κ3) is 3.10. The predicted octanol–water partition coefficient (Wildman–Crippen LogP) is 4.54. The maximum absolute atomic E-state index is 9.11. The van der Waals surface area contributed by atoms with Crippen LogP contribution in [-0.2, 0) is 13.0 Å². The standard InChI is InChI=1S/C17H16BrNO2/c18-16-6-2-1-4-13(16)11-21-14-9-8-12-5-3-7-17(19-20)15(12)10-14/h1-2,4,6,8-10,20H,3,5,7,11H2/b19-17-. The lowest BCUT2D eigenvalue weighted by atomic mass is 9.90. The number of ether oxygens (including phenoxy) is 1. The molecule has 0 radical (unpaired) electrons. The SMILES string of the molecule is O/N=C1/CCCc2ccc(OCc3ccccc3Br)cc21. The number of halogens is 1. The van der Waals surface area contributed by atoms with E-state index >= 15 is 0 Å². The molecule has 0 unspecified atom stereocenters. The third-order valence-electron chi connectivity index (χ3n) is 3.72. The van der Waals surface area contributed by atoms with E-state index in [2.05, 4.69) is 27.2 Å². The van der Waals surface area contributed by atoms with Crippen LogP contribution in [0.2, 0.25) is 0 Å². The van der Waals surface area contributed by atoms with Crippen LogP contribution in [-0.4, -0.2) is 10.9 Å². The van der Waals surface area contributed by atoms with Crippen molar-refractivity contribution in [3.63, 3.8) is 0 Å². The minimum absolute atomic E-state index is 0.506. The Morgan fingerprint density at radius 1 is 1.14 bits per heavy atom. The first-order chi connectivity index (χ1) is 10.3. The molecule has 0 aliphatic heterocycles. The molecule has 0 aromatic heterocycles. The Kier molecular flexibility index (Phi) is 4.25. The topological polar surface area (TPSA) is 41.8 Å². The monoisotopic (exact) mass is 345 g/mol. The lowest BCUT2D eigenvalue weighted by Crippen LogP contribution is -2.12. The molecule has 3 rings (SSSR count). The summed E-state index contributed by atoms with van der Waals surface area (Å²) in [5.41, 5.74) is 4.09. The van der Waals surface area contributed by atoms with Gasteiger partial charge < -0.3 is 9.94 Å². The third-order valence-corrected chi connectivity index (χ3v) is 4.50. The molecule has 0 fully saturated rings. The van der Waals surface area contributed by atoms with Crippen molar-refractivity contribution in [1.82, 2.24) is 0 Å². The maximum Gasteiger partial charge on any atom is 0.120 e. The van der Waals surface area contributed by atoms with Crippen LogP contribution >= 0.6 is 15.9 Å². The van der Waals surface area contributed by atoms with Crippen molar-refractivity contribution in [3.8, 4) is 5.75 Å². The van der Waals surface area contributed by atoms with Crippen LogP contribution in [0.15, 0.2) is 52.1 Å². The minimum atomic E-state index is 0.506. The molecule has 0 amide bonds. The number of benzene rings is 2. The number of oxime groups is 1. The van der Waals surface area contributed by atoms with E-state index in [1.807, 2.05) is 36.4 Å². The Morgan fingerprint density at radius 2 is 2.00 bits per heavy atom. The van der Waals surface area contributed by atoms with E-state index < -0.39 is 0 Å². The van der Waals surface area contributed by atoms with Crippen molar-refractivity contribution in [2.24, 2.45) is 5.16 Å². The largest absolute Gasteiger partial charge is 0.489 e. The first-order valence-corrected chi connectivity index (χ1v) is 7.77. The van der Waals surface area contributed by atoms with Gasteiger partial charge in [0.2, 0.25) is 0 Å². The Morgan fingerprint density at radius 3 is 2.81 bits per heavy atom. The summed E-state index contributed by atoms with van der Waals surface area (Å²) < 4.78 is 6.91. The number of fused-ring (bicyclic) bond motifs is 1. The fourth-order valence-corrected chi connectivity index (χ4v) is 2.99. The first-order valence-electron chi connectivity index (χ1n) is 6.98. The van der Waals surface area contributed by atoms with Crippen LogP contribution in [0, 0.1) is 0 Å². The van der Waals surface area contributed by atoms with Crippen LogP contribution < -0.4 is 4.74 Å². The van der Waals surface area contributed by atoms with Gasteiger partial charge in [-0.3, -0.25) is 0 Å². The highest BCUT2D eigenvalue weighted by molar-refractivity contribution is 9.10. The molecule has 0 atom stereocenters. The molecule has 0 saturated heterocycles. The Bertz CT molecular complexity index is 682. The van der Waals surface area contributed by atoms with E-state index in [1.54, 1.807) is 0 Å². The van der Waals surface area contributed by atoms with E-state index in [4.69, 9.17) is 9.94 Å². The summed E-state index contributed by atoms with van der Waals surface area (Å²) in [4.78, 5) is 0. The highest BCUT2D eigenvalue weighted by Gasteiger charge is 2.16. The summed E-state index contributed by atoms with van der Waals surface area (Å²) in [5.74, 6) is 0.799. The molecule has 1 aliphatic rings. The average Bonchev–Trinajstić information content (AvgIpc) is 2.53. The van der Waals surface area contributed by atoms with E-state index in [0.717, 1.165) is 46.3 Å². The Balaban J connectivity index is 1.80. The normalized spacial score (nSPS) is 15.8. The number of hydrogen-bond acceptors (Lipinski definition) is 3. The second-order valence-corrected chi connectivity index (χ2v) is 5.95. The van der Waals surface area contributed by atoms with Gasteiger partial charge in [0, 0.05) is 15.6 Å². The number of hydrogen-bond donors (Lipinski definition) is 1. The molecule has 2 aromatic carbocycles.